The third kappa shape index (κ3) is 3.34. The van der Waals surface area contributed by atoms with Crippen LogP contribution in [0.4, 0.5) is 10.1 Å². The summed E-state index contributed by atoms with van der Waals surface area (Å²) in [6.45, 7) is 1.50. The highest BCUT2D eigenvalue weighted by Crippen LogP contribution is 2.22. The maximum Gasteiger partial charge on any atom is 0.258 e. The minimum Gasteiger partial charge on any atom is -0.481 e. The molecule has 6 nitrogen and oxygen atoms in total. The Morgan fingerprint density at radius 2 is 2.29 bits per heavy atom. The number of piperidine rings is 1. The van der Waals surface area contributed by atoms with Gasteiger partial charge in [-0.3, -0.25) is 4.79 Å². The molecule has 0 saturated carbocycles. The molecule has 1 aliphatic heterocycles. The maximum absolute atomic E-state index is 13.4. The lowest BCUT2D eigenvalue weighted by molar-refractivity contribution is 0.0929. The van der Waals surface area contributed by atoms with Crippen LogP contribution in [-0.2, 0) is 7.05 Å². The second-order valence-electron chi connectivity index (χ2n) is 5.93. The number of nitrogens with one attached hydrogen (secondary N) is 1. The van der Waals surface area contributed by atoms with E-state index in [-0.39, 0.29) is 17.8 Å². The summed E-state index contributed by atoms with van der Waals surface area (Å²) in [4.78, 5) is 14.6. The van der Waals surface area contributed by atoms with Gasteiger partial charge in [-0.05, 0) is 31.0 Å². The standard InChI is InChI=1S/C17H21FN4O2/c1-21-17(24-2)15(10-19-21)16(23)20-13-6-4-8-22(11-13)14-7-3-5-12(18)9-14/h3,5,7,9-10,13H,4,6,8,11H2,1-2H3,(H,20,23). The van der Waals surface area contributed by atoms with Crippen molar-refractivity contribution in [2.75, 3.05) is 25.1 Å². The Morgan fingerprint density at radius 1 is 1.46 bits per heavy atom. The Morgan fingerprint density at radius 3 is 3.04 bits per heavy atom. The van der Waals surface area contributed by atoms with E-state index in [0.29, 0.717) is 18.0 Å². The molecule has 1 saturated heterocycles. The Kier molecular flexibility index (Phi) is 4.69. The molecule has 7 heteroatoms. The summed E-state index contributed by atoms with van der Waals surface area (Å²) in [5, 5.41) is 7.08. The molecule has 3 rings (SSSR count). The third-order valence-corrected chi connectivity index (χ3v) is 4.25. The molecule has 2 aromatic rings. The Hall–Kier alpha value is -2.57. The van der Waals surface area contributed by atoms with Crippen LogP contribution < -0.4 is 15.0 Å². The van der Waals surface area contributed by atoms with E-state index in [1.165, 1.54) is 30.1 Å². The summed E-state index contributed by atoms with van der Waals surface area (Å²) < 4.78 is 20.2. The van der Waals surface area contributed by atoms with Crippen molar-refractivity contribution in [3.63, 3.8) is 0 Å². The van der Waals surface area contributed by atoms with Crippen molar-refractivity contribution < 1.29 is 13.9 Å². The number of aryl methyl sites for hydroxylation is 1. The van der Waals surface area contributed by atoms with Crippen LogP contribution in [0.1, 0.15) is 23.2 Å². The van der Waals surface area contributed by atoms with Crippen LogP contribution in [0, 0.1) is 5.82 Å². The van der Waals surface area contributed by atoms with Gasteiger partial charge in [0, 0.05) is 31.9 Å². The van der Waals surface area contributed by atoms with Crippen molar-refractivity contribution >= 4 is 11.6 Å². The number of hydrogen-bond donors (Lipinski definition) is 1. The molecule has 1 atom stereocenters. The van der Waals surface area contributed by atoms with Crippen LogP contribution in [0.5, 0.6) is 5.88 Å². The van der Waals surface area contributed by atoms with E-state index in [1.54, 1.807) is 13.1 Å². The van der Waals surface area contributed by atoms with Gasteiger partial charge in [-0.25, -0.2) is 9.07 Å². The number of nitrogens with zero attached hydrogens (tertiary/aromatic N) is 3. The van der Waals surface area contributed by atoms with E-state index in [9.17, 15) is 9.18 Å². The summed E-state index contributed by atoms with van der Waals surface area (Å²) in [6, 6.07) is 6.54. The third-order valence-electron chi connectivity index (χ3n) is 4.25. The summed E-state index contributed by atoms with van der Waals surface area (Å²) in [7, 11) is 3.24. The van der Waals surface area contributed by atoms with E-state index < -0.39 is 0 Å². The van der Waals surface area contributed by atoms with E-state index >= 15 is 0 Å². The summed E-state index contributed by atoms with van der Waals surface area (Å²) in [6.07, 6.45) is 3.33. The predicted molar refractivity (Wildman–Crippen MR) is 88.9 cm³/mol. The quantitative estimate of drug-likeness (QED) is 0.930. The molecular formula is C17H21FN4O2. The van der Waals surface area contributed by atoms with Gasteiger partial charge in [-0.1, -0.05) is 6.07 Å². The topological polar surface area (TPSA) is 59.4 Å². The van der Waals surface area contributed by atoms with Gasteiger partial charge in [0.05, 0.1) is 13.3 Å². The average Bonchev–Trinajstić information content (AvgIpc) is 2.96. The van der Waals surface area contributed by atoms with Crippen LogP contribution in [0.25, 0.3) is 0 Å². The van der Waals surface area contributed by atoms with Crippen LogP contribution in [0.2, 0.25) is 0 Å². The molecule has 0 aliphatic carbocycles. The molecule has 1 aromatic heterocycles. The first-order valence-electron chi connectivity index (χ1n) is 7.96. The van der Waals surface area contributed by atoms with Gasteiger partial charge in [0.15, 0.2) is 0 Å². The Labute approximate surface area is 140 Å². The molecule has 1 N–H and O–H groups in total. The van der Waals surface area contributed by atoms with E-state index in [1.807, 2.05) is 6.07 Å². The Bertz CT molecular complexity index is 731. The van der Waals surface area contributed by atoms with Crippen LogP contribution in [0.3, 0.4) is 0 Å². The zero-order chi connectivity index (χ0) is 17.1. The average molecular weight is 332 g/mol. The van der Waals surface area contributed by atoms with Crippen LogP contribution in [0.15, 0.2) is 30.5 Å². The minimum atomic E-state index is -0.251. The number of aromatic nitrogens is 2. The molecule has 1 fully saturated rings. The molecule has 1 aromatic carbocycles. The van der Waals surface area contributed by atoms with E-state index in [2.05, 4.69) is 15.3 Å². The number of methoxy groups -OCH3 is 1. The molecule has 24 heavy (non-hydrogen) atoms. The normalized spacial score (nSPS) is 17.6. The summed E-state index contributed by atoms with van der Waals surface area (Å²) in [5.41, 5.74) is 1.26. The van der Waals surface area contributed by atoms with Gasteiger partial charge in [0.1, 0.15) is 11.4 Å². The number of ether oxygens (including phenoxy) is 1. The van der Waals surface area contributed by atoms with Gasteiger partial charge in [0.25, 0.3) is 5.91 Å². The minimum absolute atomic E-state index is 0.000528. The molecule has 1 aliphatic rings. The van der Waals surface area contributed by atoms with E-state index in [0.717, 1.165) is 25.1 Å². The number of benzene rings is 1. The highest BCUT2D eigenvalue weighted by molar-refractivity contribution is 5.96. The predicted octanol–water partition coefficient (Wildman–Crippen LogP) is 1.97. The Balaban J connectivity index is 1.68. The van der Waals surface area contributed by atoms with Gasteiger partial charge < -0.3 is 15.0 Å². The van der Waals surface area contributed by atoms with Crippen molar-refractivity contribution in [2.24, 2.45) is 7.05 Å². The van der Waals surface area contributed by atoms with Crippen LogP contribution >= 0.6 is 0 Å². The smallest absolute Gasteiger partial charge is 0.258 e. The summed E-state index contributed by atoms with van der Waals surface area (Å²) >= 11 is 0. The molecule has 1 unspecified atom stereocenters. The number of amides is 1. The van der Waals surface area contributed by atoms with Gasteiger partial charge in [0.2, 0.25) is 5.88 Å². The van der Waals surface area contributed by atoms with Crippen molar-refractivity contribution in [1.82, 2.24) is 15.1 Å². The van der Waals surface area contributed by atoms with Gasteiger partial charge in [-0.2, -0.15) is 5.10 Å². The van der Waals surface area contributed by atoms with Crippen molar-refractivity contribution in [3.05, 3.63) is 41.8 Å². The highest BCUT2D eigenvalue weighted by Gasteiger charge is 2.24. The van der Waals surface area contributed by atoms with Crippen LogP contribution in [-0.4, -0.2) is 41.9 Å². The summed E-state index contributed by atoms with van der Waals surface area (Å²) in [5.74, 6) is -0.0184. The molecule has 1 amide bonds. The zero-order valence-corrected chi connectivity index (χ0v) is 13.8. The molecule has 0 spiro atoms. The molecule has 0 bridgehead atoms. The number of carbonyl (C=O) groups is 1. The number of halogens is 1. The van der Waals surface area contributed by atoms with Gasteiger partial charge >= 0.3 is 0 Å². The lowest BCUT2D eigenvalue weighted by atomic mass is 10.0. The number of rotatable bonds is 4. The fourth-order valence-electron chi connectivity index (χ4n) is 3.09. The second-order valence-corrected chi connectivity index (χ2v) is 5.93. The fourth-order valence-corrected chi connectivity index (χ4v) is 3.09. The lowest BCUT2D eigenvalue weighted by Crippen LogP contribution is -2.47. The van der Waals surface area contributed by atoms with Gasteiger partial charge in [-0.15, -0.1) is 0 Å². The molecule has 128 valence electrons. The number of carbonyl (C=O) groups excluding carboxylic acids is 1. The largest absolute Gasteiger partial charge is 0.481 e. The fraction of sp³-hybridized carbons (Fsp3) is 0.412. The zero-order valence-electron chi connectivity index (χ0n) is 13.8. The first kappa shape index (κ1) is 16.3. The monoisotopic (exact) mass is 332 g/mol. The number of anilines is 1. The maximum atomic E-state index is 13.4. The second kappa shape index (κ2) is 6.90. The lowest BCUT2D eigenvalue weighted by Gasteiger charge is -2.34. The van der Waals surface area contributed by atoms with Crippen molar-refractivity contribution in [3.8, 4) is 5.88 Å². The first-order chi connectivity index (χ1) is 11.6. The first-order valence-corrected chi connectivity index (χ1v) is 7.96. The molecule has 2 heterocycles. The number of hydrogen-bond acceptors (Lipinski definition) is 4. The molecule has 0 radical (unpaired) electrons. The van der Waals surface area contributed by atoms with Crippen molar-refractivity contribution in [2.45, 2.75) is 18.9 Å². The van der Waals surface area contributed by atoms with E-state index in [4.69, 9.17) is 4.74 Å². The highest BCUT2D eigenvalue weighted by atomic mass is 19.1. The van der Waals surface area contributed by atoms with Crippen molar-refractivity contribution in [1.29, 1.82) is 0 Å². The molecular weight excluding hydrogens is 311 g/mol. The SMILES string of the molecule is COc1c(C(=O)NC2CCCN(c3cccc(F)c3)C2)cnn1C.